The van der Waals surface area contributed by atoms with E-state index < -0.39 is 29.4 Å². The normalized spacial score (nSPS) is 19.6. The lowest BCUT2D eigenvalue weighted by Crippen LogP contribution is -2.70. The van der Waals surface area contributed by atoms with Gasteiger partial charge in [0.05, 0.1) is 0 Å². The molecule has 188 valence electrons. The summed E-state index contributed by atoms with van der Waals surface area (Å²) in [6.07, 6.45) is 1.50. The Kier molecular flexibility index (Phi) is 7.03. The van der Waals surface area contributed by atoms with E-state index in [1.54, 1.807) is 12.2 Å². The minimum atomic E-state index is -1.61. The molecule has 2 amide bonds. The number of fused-ring (bicyclic) bond motifs is 1. The summed E-state index contributed by atoms with van der Waals surface area (Å²) in [5.74, 6) is -1.83. The fourth-order valence-corrected chi connectivity index (χ4v) is 5.28. The number of carbonyl (C=O) groups is 3. The summed E-state index contributed by atoms with van der Waals surface area (Å²) < 4.78 is 4.92. The summed E-state index contributed by atoms with van der Waals surface area (Å²) in [6.45, 7) is 0. The Morgan fingerprint density at radius 1 is 1.31 bits per heavy atom. The zero-order valence-corrected chi connectivity index (χ0v) is 20.1. The van der Waals surface area contributed by atoms with Crippen molar-refractivity contribution in [1.82, 2.24) is 15.2 Å². The smallest absolute Gasteiger partial charge is 0.504 e. The van der Waals surface area contributed by atoms with Crippen LogP contribution in [0.15, 0.2) is 46.3 Å². The number of nitrogens with one attached hydrogen (secondary N) is 1. The molecule has 2 aliphatic rings. The summed E-state index contributed by atoms with van der Waals surface area (Å²) in [4.78, 5) is 47.0. The van der Waals surface area contributed by atoms with Gasteiger partial charge in [0, 0.05) is 16.7 Å². The molecule has 0 unspecified atom stereocenters. The molecule has 13 nitrogen and oxygen atoms in total. The number of ether oxygens (including phenoxy) is 1. The predicted molar refractivity (Wildman–Crippen MR) is 130 cm³/mol. The number of aromatic nitrogens is 1. The van der Waals surface area contributed by atoms with Crippen LogP contribution in [0.2, 0.25) is 0 Å². The van der Waals surface area contributed by atoms with Crippen LogP contribution in [-0.4, -0.2) is 73.2 Å². The lowest BCUT2D eigenvalue weighted by molar-refractivity contribution is -0.148. The van der Waals surface area contributed by atoms with E-state index >= 15 is 0 Å². The van der Waals surface area contributed by atoms with E-state index in [0.29, 0.717) is 11.1 Å². The molecule has 1 fully saturated rings. The number of nitrogens with two attached hydrogens (primary N) is 1. The number of carbonyl (C=O) groups excluding carboxylic acids is 2. The average molecular weight is 534 g/mol. The molecular weight excluding hydrogens is 514 g/mol. The van der Waals surface area contributed by atoms with Crippen LogP contribution in [0.1, 0.15) is 11.3 Å². The summed E-state index contributed by atoms with van der Waals surface area (Å²) in [7, 11) is 1.26. The number of β-lactam (4-membered cyclic amide) rings is 1. The van der Waals surface area contributed by atoms with Gasteiger partial charge in [0.15, 0.2) is 22.3 Å². The van der Waals surface area contributed by atoms with Gasteiger partial charge in [-0.15, -0.1) is 23.1 Å². The van der Waals surface area contributed by atoms with Gasteiger partial charge < -0.3 is 35.9 Å². The number of benzene rings is 1. The van der Waals surface area contributed by atoms with Crippen LogP contribution in [0.3, 0.4) is 0 Å². The Labute approximate surface area is 211 Å². The van der Waals surface area contributed by atoms with Crippen molar-refractivity contribution in [3.05, 3.63) is 52.4 Å². The number of aromatic hydroxyl groups is 2. The van der Waals surface area contributed by atoms with Gasteiger partial charge in [0.25, 0.3) is 11.8 Å². The Hall–Kier alpha value is -4.24. The number of phenolic OH excluding ortho intramolecular Hbond substituents is 2. The molecule has 3 heterocycles. The minimum absolute atomic E-state index is 0.171. The summed E-state index contributed by atoms with van der Waals surface area (Å²) in [5.41, 5.74) is 6.55. The first kappa shape index (κ1) is 24.9. The number of anilines is 1. The number of hydrogen-bond acceptors (Lipinski definition) is 12. The lowest BCUT2D eigenvalue weighted by atomic mass is 10.0. The van der Waals surface area contributed by atoms with E-state index in [9.17, 15) is 29.7 Å². The molecule has 0 saturated carbocycles. The van der Waals surface area contributed by atoms with Crippen LogP contribution in [0.5, 0.6) is 11.5 Å². The molecule has 6 N–H and O–H groups in total. The molecule has 1 aromatic carbocycles. The maximum atomic E-state index is 12.9. The summed E-state index contributed by atoms with van der Waals surface area (Å²) in [6, 6.07) is 3.18. The maximum Gasteiger partial charge on any atom is 0.512 e. The Bertz CT molecular complexity index is 1320. The van der Waals surface area contributed by atoms with Crippen molar-refractivity contribution in [1.29, 1.82) is 0 Å². The summed E-state index contributed by atoms with van der Waals surface area (Å²) >= 11 is 2.39. The first-order chi connectivity index (χ1) is 17.2. The van der Waals surface area contributed by atoms with Crippen molar-refractivity contribution >= 4 is 58.0 Å². The van der Waals surface area contributed by atoms with E-state index in [1.165, 1.54) is 42.5 Å². The van der Waals surface area contributed by atoms with Gasteiger partial charge in [-0.3, -0.25) is 14.5 Å². The third-order valence-corrected chi connectivity index (χ3v) is 7.03. The molecule has 0 aliphatic carbocycles. The second-order valence-electron chi connectivity index (χ2n) is 7.33. The highest BCUT2D eigenvalue weighted by atomic mass is 32.2. The van der Waals surface area contributed by atoms with Crippen molar-refractivity contribution in [2.24, 2.45) is 5.16 Å². The van der Waals surface area contributed by atoms with Gasteiger partial charge >= 0.3 is 6.16 Å². The van der Waals surface area contributed by atoms with Crippen molar-refractivity contribution < 1.29 is 39.3 Å². The topological polar surface area (TPSA) is 197 Å². The molecule has 0 bridgehead atoms. The van der Waals surface area contributed by atoms with Crippen LogP contribution in [0, 0.1) is 0 Å². The van der Waals surface area contributed by atoms with Gasteiger partial charge in [-0.1, -0.05) is 23.4 Å². The number of thiazole rings is 1. The molecule has 2 atom stereocenters. The minimum Gasteiger partial charge on any atom is -0.504 e. The first-order valence-electron chi connectivity index (χ1n) is 10.1. The van der Waals surface area contributed by atoms with Crippen LogP contribution >= 0.6 is 23.1 Å². The standard InChI is InChI=1S/C21H19N5O8S2/c1-33-25-14(11-8-36-20(22)23-11)16(29)24-15-17(30)26-18(34-21(31)32)10(7-35-19(15)26)4-2-9-3-5-12(27)13(28)6-9/h2-6,8,15,19,27-28H,7H2,1H3,(H2,22,23)(H,24,29)(H,31,32)/b4-2?,25-14-/t15-,19-/m1/s1. The molecule has 0 spiro atoms. The molecule has 0 radical (unpaired) electrons. The molecule has 36 heavy (non-hydrogen) atoms. The number of oxime groups is 1. The van der Waals surface area contributed by atoms with Gasteiger partial charge in [-0.05, 0) is 17.7 Å². The highest BCUT2D eigenvalue weighted by Crippen LogP contribution is 2.41. The quantitative estimate of drug-likeness (QED) is 0.114. The fraction of sp³-hybridized carbons (Fsp3) is 0.190. The second kappa shape index (κ2) is 10.2. The van der Waals surface area contributed by atoms with Crippen molar-refractivity contribution in [3.8, 4) is 11.5 Å². The Morgan fingerprint density at radius 2 is 2.08 bits per heavy atom. The lowest BCUT2D eigenvalue weighted by Gasteiger charge is -2.48. The largest absolute Gasteiger partial charge is 0.512 e. The number of phenols is 2. The predicted octanol–water partition coefficient (Wildman–Crippen LogP) is 1.51. The van der Waals surface area contributed by atoms with Gasteiger partial charge in [-0.2, -0.15) is 0 Å². The summed E-state index contributed by atoms with van der Waals surface area (Å²) in [5, 5.41) is 35.7. The van der Waals surface area contributed by atoms with Crippen LogP contribution in [0.25, 0.3) is 6.08 Å². The number of amides is 2. The molecule has 2 aromatic rings. The third-order valence-electron chi connectivity index (χ3n) is 5.06. The third kappa shape index (κ3) is 4.92. The zero-order chi connectivity index (χ0) is 26.0. The van der Waals surface area contributed by atoms with E-state index in [2.05, 4.69) is 15.5 Å². The van der Waals surface area contributed by atoms with Crippen molar-refractivity contribution in [3.63, 3.8) is 0 Å². The van der Waals surface area contributed by atoms with Crippen LogP contribution in [0.4, 0.5) is 9.93 Å². The highest BCUT2D eigenvalue weighted by Gasteiger charge is 2.54. The van der Waals surface area contributed by atoms with E-state index in [0.717, 1.165) is 16.2 Å². The molecule has 4 rings (SSSR count). The molecule has 1 saturated heterocycles. The number of carboxylic acid groups (broad SMARTS) is 1. The second-order valence-corrected chi connectivity index (χ2v) is 9.33. The number of thioether (sulfide) groups is 1. The highest BCUT2D eigenvalue weighted by molar-refractivity contribution is 8.00. The number of rotatable bonds is 7. The van der Waals surface area contributed by atoms with Gasteiger partial charge in [-0.25, -0.2) is 9.78 Å². The van der Waals surface area contributed by atoms with E-state index in [4.69, 9.17) is 15.3 Å². The zero-order valence-electron chi connectivity index (χ0n) is 18.4. The van der Waals surface area contributed by atoms with Crippen LogP contribution in [-0.2, 0) is 19.2 Å². The van der Waals surface area contributed by atoms with Crippen molar-refractivity contribution in [2.45, 2.75) is 11.4 Å². The van der Waals surface area contributed by atoms with Crippen LogP contribution < -0.4 is 11.1 Å². The number of nitrogens with zero attached hydrogens (tertiary/aromatic N) is 3. The average Bonchev–Trinajstić information content (AvgIpc) is 3.27. The van der Waals surface area contributed by atoms with E-state index in [-0.39, 0.29) is 39.7 Å². The first-order valence-corrected chi connectivity index (χ1v) is 12.0. The molecule has 1 aromatic heterocycles. The van der Waals surface area contributed by atoms with Crippen molar-refractivity contribution in [2.75, 3.05) is 18.6 Å². The van der Waals surface area contributed by atoms with Gasteiger partial charge in [0.1, 0.15) is 24.2 Å². The fourth-order valence-electron chi connectivity index (χ4n) is 3.43. The maximum absolute atomic E-state index is 12.9. The van der Waals surface area contributed by atoms with E-state index in [1.807, 2.05) is 0 Å². The Morgan fingerprint density at radius 3 is 2.72 bits per heavy atom. The molecule has 2 aliphatic heterocycles. The molecule has 15 heteroatoms. The monoisotopic (exact) mass is 533 g/mol. The Balaban J connectivity index is 1.55. The van der Waals surface area contributed by atoms with Gasteiger partial charge in [0.2, 0.25) is 5.88 Å². The molecular formula is C21H19N5O8S2. The number of hydrogen-bond donors (Lipinski definition) is 5. The number of allylic oxidation sites excluding steroid dienone is 1. The number of nitrogen functional groups attached to an aromatic ring is 1. The SMILES string of the molecule is CO/N=C(\C(=O)N[C@@H]1C(=O)N2C(OC(=O)O)=C(C=Cc3ccc(O)c(O)c3)CS[C@H]12)c1csc(N)n1.